The van der Waals surface area contributed by atoms with Crippen LogP contribution in [0, 0.1) is 13.8 Å². The molecule has 0 aliphatic heterocycles. The lowest BCUT2D eigenvalue weighted by Crippen LogP contribution is -2.43. The van der Waals surface area contributed by atoms with Crippen LogP contribution in [0.5, 0.6) is 5.75 Å². The van der Waals surface area contributed by atoms with E-state index in [-0.39, 0.29) is 23.1 Å². The first-order valence-corrected chi connectivity index (χ1v) is 14.0. The average Bonchev–Trinajstić information content (AvgIpc) is 3.35. The normalized spacial score (nSPS) is 14.2. The number of nitrogens with one attached hydrogen (secondary N) is 2. The molecule has 0 atom stereocenters. The maximum Gasteiger partial charge on any atom is 0.243 e. The van der Waals surface area contributed by atoms with Crippen LogP contribution in [0.1, 0.15) is 47.9 Å². The van der Waals surface area contributed by atoms with Crippen molar-refractivity contribution in [3.63, 3.8) is 0 Å². The van der Waals surface area contributed by atoms with Crippen LogP contribution >= 0.6 is 0 Å². The molecular formula is C27H38N4O5S. The van der Waals surface area contributed by atoms with Gasteiger partial charge in [0.1, 0.15) is 5.75 Å². The molecule has 0 unspecified atom stereocenters. The zero-order chi connectivity index (χ0) is 27.2. The number of nitrogens with zero attached hydrogens (tertiary/aromatic N) is 2. The number of likely N-dealkylation sites (N-methyl/N-ethyl adjacent to an activating group) is 2. The van der Waals surface area contributed by atoms with Gasteiger partial charge in [0.25, 0.3) is 0 Å². The molecule has 0 heterocycles. The summed E-state index contributed by atoms with van der Waals surface area (Å²) in [6, 6.07) is 11.5. The van der Waals surface area contributed by atoms with Crippen LogP contribution in [0.25, 0.3) is 0 Å². The van der Waals surface area contributed by atoms with Crippen molar-refractivity contribution in [1.29, 1.82) is 0 Å². The molecule has 1 aliphatic carbocycles. The van der Waals surface area contributed by atoms with E-state index in [4.69, 9.17) is 0 Å². The Morgan fingerprint density at radius 1 is 1.00 bits per heavy atom. The maximum atomic E-state index is 13.0. The van der Waals surface area contributed by atoms with Gasteiger partial charge in [-0.15, -0.1) is 0 Å². The van der Waals surface area contributed by atoms with Crippen LogP contribution in [0.4, 0.5) is 0 Å². The van der Waals surface area contributed by atoms with Crippen LogP contribution < -0.4 is 10.6 Å². The molecule has 0 spiro atoms. The number of amides is 2. The first-order valence-electron chi connectivity index (χ1n) is 12.6. The second kappa shape index (κ2) is 12.5. The largest absolute Gasteiger partial charge is 0.508 e. The van der Waals surface area contributed by atoms with Gasteiger partial charge in [-0.3, -0.25) is 9.59 Å². The number of aryl methyl sites for hydroxylation is 2. The Labute approximate surface area is 219 Å². The molecule has 3 N–H and O–H groups in total. The number of carbonyl (C=O) groups is 2. The highest BCUT2D eigenvalue weighted by Gasteiger charge is 2.27. The zero-order valence-electron chi connectivity index (χ0n) is 22.1. The van der Waals surface area contributed by atoms with E-state index in [2.05, 4.69) is 22.8 Å². The summed E-state index contributed by atoms with van der Waals surface area (Å²) in [5.41, 5.74) is 2.96. The van der Waals surface area contributed by atoms with Gasteiger partial charge in [0.2, 0.25) is 21.8 Å². The van der Waals surface area contributed by atoms with E-state index in [9.17, 15) is 23.1 Å². The molecule has 0 saturated heterocycles. The van der Waals surface area contributed by atoms with Crippen LogP contribution in [0.2, 0.25) is 0 Å². The van der Waals surface area contributed by atoms with E-state index in [0.29, 0.717) is 23.7 Å². The van der Waals surface area contributed by atoms with Gasteiger partial charge in [-0.1, -0.05) is 37.1 Å². The van der Waals surface area contributed by atoms with Crippen LogP contribution in [-0.2, 0) is 32.7 Å². The molecular weight excluding hydrogens is 492 g/mol. The minimum absolute atomic E-state index is 0.0238. The number of phenolic OH excluding ortho intramolecular Hbond substituents is 1. The van der Waals surface area contributed by atoms with Crippen molar-refractivity contribution >= 4 is 21.8 Å². The lowest BCUT2D eigenvalue weighted by Gasteiger charge is -2.21. The van der Waals surface area contributed by atoms with Gasteiger partial charge in [-0.05, 0) is 61.1 Å². The van der Waals surface area contributed by atoms with E-state index in [1.807, 2.05) is 12.1 Å². The van der Waals surface area contributed by atoms with E-state index < -0.39 is 22.5 Å². The number of aromatic hydroxyl groups is 1. The van der Waals surface area contributed by atoms with Crippen molar-refractivity contribution < 1.29 is 23.1 Å². The van der Waals surface area contributed by atoms with E-state index >= 15 is 0 Å². The number of hydrogen-bond donors (Lipinski definition) is 3. The van der Waals surface area contributed by atoms with Crippen LogP contribution in [-0.4, -0.2) is 67.8 Å². The molecule has 0 radical (unpaired) electrons. The molecule has 3 rings (SSSR count). The molecule has 2 aromatic rings. The third-order valence-electron chi connectivity index (χ3n) is 6.73. The first-order chi connectivity index (χ1) is 17.5. The summed E-state index contributed by atoms with van der Waals surface area (Å²) in [5.74, 6) is -0.888. The molecule has 2 amide bonds. The number of rotatable bonds is 11. The Balaban J connectivity index is 1.46. The summed E-state index contributed by atoms with van der Waals surface area (Å²) in [4.78, 5) is 26.5. The molecule has 1 fully saturated rings. The molecule has 9 nitrogen and oxygen atoms in total. The van der Waals surface area contributed by atoms with Crippen molar-refractivity contribution in [2.24, 2.45) is 0 Å². The topological polar surface area (TPSA) is 119 Å². The molecule has 37 heavy (non-hydrogen) atoms. The Kier molecular flexibility index (Phi) is 9.69. The molecule has 2 aromatic carbocycles. The lowest BCUT2D eigenvalue weighted by molar-refractivity contribution is -0.132. The monoisotopic (exact) mass is 530 g/mol. The SMILES string of the molecule is Cc1cc(O)cc(C)c1S(=O)(=O)N(C)CC(=O)NCC(=O)N(C)Cc1ccc(CNC2CCCC2)cc1. The van der Waals surface area contributed by atoms with E-state index in [1.165, 1.54) is 55.3 Å². The van der Waals surface area contributed by atoms with E-state index in [0.717, 1.165) is 16.4 Å². The summed E-state index contributed by atoms with van der Waals surface area (Å²) >= 11 is 0. The van der Waals surface area contributed by atoms with Crippen molar-refractivity contribution in [3.05, 3.63) is 58.7 Å². The molecule has 0 aromatic heterocycles. The predicted molar refractivity (Wildman–Crippen MR) is 142 cm³/mol. The minimum Gasteiger partial charge on any atom is -0.508 e. The van der Waals surface area contributed by atoms with Crippen LogP contribution in [0.15, 0.2) is 41.3 Å². The van der Waals surface area contributed by atoms with Gasteiger partial charge in [0.05, 0.1) is 18.0 Å². The quantitative estimate of drug-likeness (QED) is 0.411. The van der Waals surface area contributed by atoms with Gasteiger partial charge < -0.3 is 20.6 Å². The van der Waals surface area contributed by atoms with Crippen molar-refractivity contribution in [2.45, 2.75) is 63.6 Å². The van der Waals surface area contributed by atoms with Gasteiger partial charge in [-0.25, -0.2) is 8.42 Å². The van der Waals surface area contributed by atoms with Gasteiger partial charge in [0, 0.05) is 33.2 Å². The molecule has 0 bridgehead atoms. The second-order valence-corrected chi connectivity index (χ2v) is 11.9. The predicted octanol–water partition coefficient (Wildman–Crippen LogP) is 2.44. The van der Waals surface area contributed by atoms with Gasteiger partial charge >= 0.3 is 0 Å². The molecule has 10 heteroatoms. The summed E-state index contributed by atoms with van der Waals surface area (Å²) in [5, 5.41) is 15.8. The number of carbonyl (C=O) groups excluding carboxylic acids is 2. The fourth-order valence-corrected chi connectivity index (χ4v) is 6.19. The van der Waals surface area contributed by atoms with Crippen molar-refractivity contribution in [1.82, 2.24) is 19.8 Å². The summed E-state index contributed by atoms with van der Waals surface area (Å²) in [6.07, 6.45) is 5.08. The third-order valence-corrected chi connectivity index (χ3v) is 8.84. The summed E-state index contributed by atoms with van der Waals surface area (Å²) in [7, 11) is -0.988. The Hall–Kier alpha value is -2.95. The van der Waals surface area contributed by atoms with Gasteiger partial charge in [0.15, 0.2) is 0 Å². The molecule has 1 aliphatic rings. The summed E-state index contributed by atoms with van der Waals surface area (Å²) < 4.78 is 26.9. The maximum absolute atomic E-state index is 13.0. The van der Waals surface area contributed by atoms with Crippen molar-refractivity contribution in [2.75, 3.05) is 27.2 Å². The molecule has 202 valence electrons. The highest BCUT2D eigenvalue weighted by atomic mass is 32.2. The average molecular weight is 531 g/mol. The number of benzene rings is 2. The fourth-order valence-electron chi connectivity index (χ4n) is 4.66. The van der Waals surface area contributed by atoms with Gasteiger partial charge in [-0.2, -0.15) is 4.31 Å². The smallest absolute Gasteiger partial charge is 0.243 e. The highest BCUT2D eigenvalue weighted by molar-refractivity contribution is 7.89. The standard InChI is InChI=1S/C27H38N4O5S/c1-19-13-24(32)14-20(2)27(19)37(35,36)31(4)18-25(33)29-16-26(34)30(3)17-22-11-9-21(10-12-22)15-28-23-7-5-6-8-23/h9-14,23,28,32H,5-8,15-18H2,1-4H3,(H,29,33). The summed E-state index contributed by atoms with van der Waals surface area (Å²) in [6.45, 7) is 3.74. The van der Waals surface area contributed by atoms with Crippen molar-refractivity contribution in [3.8, 4) is 5.75 Å². The Morgan fingerprint density at radius 2 is 1.57 bits per heavy atom. The Bertz CT molecular complexity index is 1180. The number of phenols is 1. The minimum atomic E-state index is -3.96. The lowest BCUT2D eigenvalue weighted by atomic mass is 10.1. The zero-order valence-corrected chi connectivity index (χ0v) is 22.9. The van der Waals surface area contributed by atoms with Crippen LogP contribution in [0.3, 0.4) is 0 Å². The number of hydrogen-bond acceptors (Lipinski definition) is 6. The first kappa shape index (κ1) is 28.6. The Morgan fingerprint density at radius 3 is 2.16 bits per heavy atom. The molecule has 1 saturated carbocycles. The highest BCUT2D eigenvalue weighted by Crippen LogP contribution is 2.27. The third kappa shape index (κ3) is 7.77. The second-order valence-electron chi connectivity index (χ2n) is 9.88. The fraction of sp³-hybridized carbons (Fsp3) is 0.481. The van der Waals surface area contributed by atoms with E-state index in [1.54, 1.807) is 20.9 Å². The number of sulfonamides is 1.